The number of phenolic OH excluding ortho intramolecular Hbond substituents is 1. The van der Waals surface area contributed by atoms with Crippen LogP contribution < -0.4 is 9.64 Å². The number of rotatable bonds is 3. The minimum absolute atomic E-state index is 0.0398. The normalized spacial score (nSPS) is 26.6. The summed E-state index contributed by atoms with van der Waals surface area (Å²) in [6.07, 6.45) is 3.95. The Labute approximate surface area is 233 Å². The Morgan fingerprint density at radius 1 is 1.00 bits per heavy atom. The summed E-state index contributed by atoms with van der Waals surface area (Å²) in [7, 11) is 1.45. The van der Waals surface area contributed by atoms with Crippen LogP contribution in [-0.2, 0) is 19.2 Å². The highest BCUT2D eigenvalue weighted by molar-refractivity contribution is 14.1. The molecule has 2 aromatic rings. The van der Waals surface area contributed by atoms with Crippen molar-refractivity contribution in [2.24, 2.45) is 17.8 Å². The Morgan fingerprint density at radius 2 is 1.74 bits per heavy atom. The van der Waals surface area contributed by atoms with Gasteiger partial charge < -0.3 is 9.84 Å². The average molecular weight is 621 g/mol. The molecule has 8 heteroatoms. The second-order valence-corrected chi connectivity index (χ2v) is 11.4. The fourth-order valence-electron chi connectivity index (χ4n) is 6.48. The Kier molecular flexibility index (Phi) is 5.90. The molecule has 38 heavy (non-hydrogen) atoms. The lowest BCUT2D eigenvalue weighted by molar-refractivity contribution is -0.123. The number of imide groups is 1. The number of fused-ring (bicyclic) bond motifs is 3. The number of allylic oxidation sites excluding steroid dienone is 6. The van der Waals surface area contributed by atoms with Gasteiger partial charge in [-0.1, -0.05) is 17.7 Å². The molecule has 192 valence electrons. The zero-order valence-corrected chi connectivity index (χ0v) is 22.9. The van der Waals surface area contributed by atoms with Gasteiger partial charge >= 0.3 is 0 Å². The van der Waals surface area contributed by atoms with E-state index in [1.54, 1.807) is 31.2 Å². The Morgan fingerprint density at radius 3 is 2.45 bits per heavy atom. The summed E-state index contributed by atoms with van der Waals surface area (Å²) in [6, 6.07) is 12.1. The molecule has 1 N–H and O–H groups in total. The number of carbonyl (C=O) groups excluding carboxylic acids is 4. The second kappa shape index (κ2) is 9.04. The van der Waals surface area contributed by atoms with Gasteiger partial charge in [-0.25, -0.2) is 0 Å². The molecule has 2 aromatic carbocycles. The highest BCUT2D eigenvalue weighted by Gasteiger charge is 2.56. The number of halogens is 1. The summed E-state index contributed by atoms with van der Waals surface area (Å²) < 4.78 is 6.33. The first-order valence-electron chi connectivity index (χ1n) is 12.4. The first-order valence-corrected chi connectivity index (χ1v) is 13.5. The van der Waals surface area contributed by atoms with Crippen molar-refractivity contribution in [1.29, 1.82) is 0 Å². The predicted octanol–water partition coefficient (Wildman–Crippen LogP) is 4.64. The van der Waals surface area contributed by atoms with Crippen LogP contribution in [0.2, 0.25) is 0 Å². The third kappa shape index (κ3) is 3.60. The summed E-state index contributed by atoms with van der Waals surface area (Å²) >= 11 is 2.17. The van der Waals surface area contributed by atoms with Crippen molar-refractivity contribution in [3.63, 3.8) is 0 Å². The van der Waals surface area contributed by atoms with Crippen LogP contribution in [0.25, 0.3) is 0 Å². The number of anilines is 1. The molecule has 7 nitrogen and oxygen atoms in total. The number of carbonyl (C=O) groups is 4. The molecule has 0 bridgehead atoms. The van der Waals surface area contributed by atoms with Crippen LogP contribution in [0.5, 0.6) is 11.5 Å². The van der Waals surface area contributed by atoms with Gasteiger partial charge in [-0.3, -0.25) is 24.1 Å². The zero-order chi connectivity index (χ0) is 26.9. The number of hydrogen-bond donors (Lipinski definition) is 1. The van der Waals surface area contributed by atoms with E-state index in [2.05, 4.69) is 22.6 Å². The van der Waals surface area contributed by atoms with Gasteiger partial charge in [0.05, 0.1) is 24.6 Å². The molecule has 1 aliphatic heterocycles. The van der Waals surface area contributed by atoms with Gasteiger partial charge in [-0.2, -0.15) is 0 Å². The SMILES string of the molecule is COc1cc([C@H]2C3=CC[C@@H]4C(=O)N(c5ccc(I)cc5)C(=O)[C@@H]4[C@@H]3CC3=C2C(=O)C=C(C)C3=O)ccc1O. The van der Waals surface area contributed by atoms with Crippen LogP contribution in [0.1, 0.15) is 31.2 Å². The van der Waals surface area contributed by atoms with Crippen molar-refractivity contribution in [2.75, 3.05) is 12.0 Å². The molecule has 4 atom stereocenters. The van der Waals surface area contributed by atoms with Crippen LogP contribution >= 0.6 is 22.6 Å². The van der Waals surface area contributed by atoms with Gasteiger partial charge in [0.25, 0.3) is 0 Å². The van der Waals surface area contributed by atoms with Gasteiger partial charge in [0.15, 0.2) is 23.1 Å². The largest absolute Gasteiger partial charge is 0.504 e. The number of nitrogens with zero attached hydrogens (tertiary/aromatic N) is 1. The monoisotopic (exact) mass is 621 g/mol. The van der Waals surface area contributed by atoms with E-state index in [1.807, 2.05) is 18.2 Å². The number of phenols is 1. The van der Waals surface area contributed by atoms with Gasteiger partial charge in [-0.05, 0) is 96.3 Å². The molecule has 1 heterocycles. The van der Waals surface area contributed by atoms with E-state index in [4.69, 9.17) is 4.74 Å². The van der Waals surface area contributed by atoms with Crippen molar-refractivity contribution in [3.05, 3.63) is 86.0 Å². The number of benzene rings is 2. The molecule has 3 aliphatic carbocycles. The topological polar surface area (TPSA) is 101 Å². The van der Waals surface area contributed by atoms with E-state index in [0.29, 0.717) is 34.4 Å². The Hall–Kier alpha value is -3.53. The molecule has 2 amide bonds. The zero-order valence-electron chi connectivity index (χ0n) is 20.7. The Balaban J connectivity index is 1.49. The molecule has 0 unspecified atom stereocenters. The third-order valence-corrected chi connectivity index (χ3v) is 8.90. The fourth-order valence-corrected chi connectivity index (χ4v) is 6.84. The smallest absolute Gasteiger partial charge is 0.238 e. The molecule has 1 fully saturated rings. The molecule has 6 rings (SSSR count). The summed E-state index contributed by atoms with van der Waals surface area (Å²) in [5.41, 5.74) is 3.25. The maximum absolute atomic E-state index is 13.9. The van der Waals surface area contributed by atoms with Crippen LogP contribution in [0.3, 0.4) is 0 Å². The van der Waals surface area contributed by atoms with E-state index in [1.165, 1.54) is 24.2 Å². The van der Waals surface area contributed by atoms with Gasteiger partial charge in [0, 0.05) is 26.2 Å². The van der Waals surface area contributed by atoms with Crippen molar-refractivity contribution < 1.29 is 29.0 Å². The lowest BCUT2D eigenvalue weighted by Gasteiger charge is -2.42. The number of amides is 2. The summed E-state index contributed by atoms with van der Waals surface area (Å²) in [5.74, 6) is -2.90. The van der Waals surface area contributed by atoms with Crippen molar-refractivity contribution in [2.45, 2.75) is 25.7 Å². The lowest BCUT2D eigenvalue weighted by atomic mass is 9.59. The molecule has 1 saturated heterocycles. The first kappa shape index (κ1) is 24.8. The van der Waals surface area contributed by atoms with E-state index >= 15 is 0 Å². The summed E-state index contributed by atoms with van der Waals surface area (Å²) in [4.78, 5) is 55.4. The second-order valence-electron chi connectivity index (χ2n) is 10.1. The maximum Gasteiger partial charge on any atom is 0.238 e. The Bertz CT molecular complexity index is 1530. The number of hydrogen-bond acceptors (Lipinski definition) is 6. The predicted molar refractivity (Wildman–Crippen MR) is 148 cm³/mol. The van der Waals surface area contributed by atoms with Crippen LogP contribution in [0.4, 0.5) is 5.69 Å². The molecular formula is C30H24INO6. The third-order valence-electron chi connectivity index (χ3n) is 8.18. The highest BCUT2D eigenvalue weighted by atomic mass is 127. The molecular weight excluding hydrogens is 597 g/mol. The van der Waals surface area contributed by atoms with Crippen molar-refractivity contribution in [1.82, 2.24) is 0 Å². The van der Waals surface area contributed by atoms with Gasteiger partial charge in [0.1, 0.15) is 0 Å². The average Bonchev–Trinajstić information content (AvgIpc) is 3.16. The quantitative estimate of drug-likeness (QED) is 0.232. The van der Waals surface area contributed by atoms with E-state index in [0.717, 1.165) is 9.14 Å². The molecule has 4 aliphatic rings. The molecule has 0 aromatic heterocycles. The summed E-state index contributed by atoms with van der Waals surface area (Å²) in [6.45, 7) is 1.63. The molecule has 0 saturated carbocycles. The number of ether oxygens (including phenoxy) is 1. The highest BCUT2D eigenvalue weighted by Crippen LogP contribution is 2.55. The first-order chi connectivity index (χ1) is 18.2. The van der Waals surface area contributed by atoms with E-state index in [9.17, 15) is 24.3 Å². The van der Waals surface area contributed by atoms with E-state index in [-0.39, 0.29) is 41.3 Å². The van der Waals surface area contributed by atoms with Crippen LogP contribution in [0.15, 0.2) is 76.9 Å². The lowest BCUT2D eigenvalue weighted by Crippen LogP contribution is -2.39. The van der Waals surface area contributed by atoms with E-state index < -0.39 is 23.7 Å². The summed E-state index contributed by atoms with van der Waals surface area (Å²) in [5, 5.41) is 10.2. The van der Waals surface area contributed by atoms with Crippen molar-refractivity contribution in [3.8, 4) is 11.5 Å². The van der Waals surface area contributed by atoms with Gasteiger partial charge in [0.2, 0.25) is 11.8 Å². The fraction of sp³-hybridized carbons (Fsp3) is 0.267. The van der Waals surface area contributed by atoms with Gasteiger partial charge in [-0.15, -0.1) is 0 Å². The maximum atomic E-state index is 13.9. The number of ketones is 2. The number of Topliss-reactive ketones (excluding diaryl/α,β-unsaturated/α-hetero) is 1. The minimum Gasteiger partial charge on any atom is -0.504 e. The molecule has 0 spiro atoms. The number of methoxy groups -OCH3 is 1. The van der Waals surface area contributed by atoms with Crippen LogP contribution in [-0.4, -0.2) is 35.6 Å². The van der Waals surface area contributed by atoms with Crippen molar-refractivity contribution >= 4 is 51.7 Å². The number of aromatic hydroxyl groups is 1. The molecule has 0 radical (unpaired) electrons. The minimum atomic E-state index is -0.633. The standard InChI is InChI=1S/C30H24INO6/c1-14-11-23(34)27-21(28(14)35)13-20-18(25(27)15-3-10-22(33)24(12-15)38-2)8-9-19-26(20)30(37)32(29(19)36)17-6-4-16(31)5-7-17/h3-8,10-12,19-20,25-26,33H,9,13H2,1-2H3/t19-,20+,25-,26-/m0/s1. The van der Waals surface area contributed by atoms with Crippen LogP contribution in [0, 0.1) is 21.3 Å².